The smallest absolute Gasteiger partial charge is 0.257 e. The highest BCUT2D eigenvalue weighted by Crippen LogP contribution is 2.21. The van der Waals surface area contributed by atoms with Gasteiger partial charge in [-0.05, 0) is 41.8 Å². The lowest BCUT2D eigenvalue weighted by atomic mass is 10.0. The van der Waals surface area contributed by atoms with Gasteiger partial charge in [-0.25, -0.2) is 4.98 Å². The third-order valence-electron chi connectivity index (χ3n) is 3.33. The van der Waals surface area contributed by atoms with Gasteiger partial charge in [0.25, 0.3) is 5.91 Å². The van der Waals surface area contributed by atoms with Crippen molar-refractivity contribution < 1.29 is 4.79 Å². The van der Waals surface area contributed by atoms with E-state index < -0.39 is 0 Å². The molecule has 4 nitrogen and oxygen atoms in total. The van der Waals surface area contributed by atoms with Gasteiger partial charge in [0.2, 0.25) is 0 Å². The van der Waals surface area contributed by atoms with E-state index in [0.717, 1.165) is 11.0 Å². The zero-order valence-electron chi connectivity index (χ0n) is 12.2. The average Bonchev–Trinajstić information content (AvgIpc) is 2.38. The molecule has 1 aromatic rings. The van der Waals surface area contributed by atoms with Crippen molar-refractivity contribution in [3.63, 3.8) is 0 Å². The van der Waals surface area contributed by atoms with E-state index in [9.17, 15) is 4.79 Å². The van der Waals surface area contributed by atoms with E-state index in [2.05, 4.69) is 47.0 Å². The quantitative estimate of drug-likeness (QED) is 0.901. The molecule has 1 unspecified atom stereocenters. The minimum Gasteiger partial charge on any atom is -0.370 e. The van der Waals surface area contributed by atoms with E-state index in [4.69, 9.17) is 0 Å². The fraction of sp³-hybridized carbons (Fsp3) is 0.571. The van der Waals surface area contributed by atoms with Gasteiger partial charge in [-0.3, -0.25) is 4.79 Å². The highest BCUT2D eigenvalue weighted by molar-refractivity contribution is 9.10. The predicted molar refractivity (Wildman–Crippen MR) is 82.5 cm³/mol. The van der Waals surface area contributed by atoms with Gasteiger partial charge in [0.15, 0.2) is 0 Å². The molecule has 5 heteroatoms. The van der Waals surface area contributed by atoms with Crippen molar-refractivity contribution in [1.29, 1.82) is 0 Å². The summed E-state index contributed by atoms with van der Waals surface area (Å²) in [6.07, 6.45) is 1.70. The molecule has 0 fully saturated rings. The molecule has 1 N–H and O–H groups in total. The van der Waals surface area contributed by atoms with Crippen molar-refractivity contribution in [2.45, 2.75) is 33.7 Å². The van der Waals surface area contributed by atoms with Gasteiger partial charge in [-0.15, -0.1) is 0 Å². The van der Waals surface area contributed by atoms with Gasteiger partial charge in [-0.1, -0.05) is 13.8 Å². The number of hydrogen-bond donors (Lipinski definition) is 1. The lowest BCUT2D eigenvalue weighted by Crippen LogP contribution is -2.38. The molecule has 1 rings (SSSR count). The summed E-state index contributed by atoms with van der Waals surface area (Å²) >= 11 is 3.37. The fourth-order valence-corrected chi connectivity index (χ4v) is 2.06. The van der Waals surface area contributed by atoms with Crippen LogP contribution in [0.1, 0.15) is 38.1 Å². The molecule has 0 saturated carbocycles. The molecule has 0 aliphatic rings. The van der Waals surface area contributed by atoms with E-state index in [1.807, 2.05) is 20.0 Å². The van der Waals surface area contributed by atoms with Gasteiger partial charge < -0.3 is 10.2 Å². The van der Waals surface area contributed by atoms with Crippen LogP contribution in [0.25, 0.3) is 0 Å². The fourth-order valence-electron chi connectivity index (χ4n) is 1.73. The Morgan fingerprint density at radius 1 is 1.47 bits per heavy atom. The summed E-state index contributed by atoms with van der Waals surface area (Å²) < 4.78 is 0.808. The molecule has 106 valence electrons. The summed E-state index contributed by atoms with van der Waals surface area (Å²) in [6.45, 7) is 9.00. The maximum absolute atomic E-state index is 12.6. The highest BCUT2D eigenvalue weighted by Gasteiger charge is 2.22. The van der Waals surface area contributed by atoms with Crippen LogP contribution >= 0.6 is 15.9 Å². The molecule has 0 radical (unpaired) electrons. The Balaban J connectivity index is 3.07. The first-order valence-electron chi connectivity index (χ1n) is 6.55. The van der Waals surface area contributed by atoms with Crippen LogP contribution in [-0.2, 0) is 0 Å². The second-order valence-electron chi connectivity index (χ2n) is 4.98. The Morgan fingerprint density at radius 2 is 2.11 bits per heavy atom. The zero-order valence-corrected chi connectivity index (χ0v) is 13.8. The Kier molecular flexibility index (Phi) is 5.79. The predicted octanol–water partition coefficient (Wildman–Crippen LogP) is 3.39. The normalized spacial score (nSPS) is 12.4. The maximum atomic E-state index is 12.6. The molecule has 0 saturated heterocycles. The van der Waals surface area contributed by atoms with E-state index >= 15 is 0 Å². The third kappa shape index (κ3) is 3.93. The number of carbonyl (C=O) groups is 1. The van der Waals surface area contributed by atoms with Crippen LogP contribution in [0.5, 0.6) is 0 Å². The van der Waals surface area contributed by atoms with E-state index in [0.29, 0.717) is 17.3 Å². The molecule has 1 heterocycles. The molecule has 0 aromatic carbocycles. The van der Waals surface area contributed by atoms with Gasteiger partial charge in [0.05, 0.1) is 5.56 Å². The van der Waals surface area contributed by atoms with Crippen LogP contribution in [0.15, 0.2) is 16.7 Å². The number of carbonyl (C=O) groups excluding carboxylic acids is 1. The Labute approximate surface area is 123 Å². The number of halogens is 1. The third-order valence-corrected chi connectivity index (χ3v) is 3.76. The van der Waals surface area contributed by atoms with Crippen LogP contribution in [0.2, 0.25) is 0 Å². The zero-order chi connectivity index (χ0) is 14.6. The Bertz CT molecular complexity index is 448. The van der Waals surface area contributed by atoms with Crippen molar-refractivity contribution in [1.82, 2.24) is 9.88 Å². The first-order valence-corrected chi connectivity index (χ1v) is 7.34. The molecule has 1 aromatic heterocycles. The highest BCUT2D eigenvalue weighted by atomic mass is 79.9. The molecular weight excluding hydrogens is 306 g/mol. The van der Waals surface area contributed by atoms with E-state index in [1.165, 1.54) is 0 Å². The lowest BCUT2D eigenvalue weighted by molar-refractivity contribution is 0.0707. The van der Waals surface area contributed by atoms with Crippen molar-refractivity contribution in [3.05, 3.63) is 22.3 Å². The summed E-state index contributed by atoms with van der Waals surface area (Å²) in [7, 11) is 1.84. The number of nitrogens with zero attached hydrogens (tertiary/aromatic N) is 2. The summed E-state index contributed by atoms with van der Waals surface area (Å²) in [5.41, 5.74) is 0.603. The average molecular weight is 328 g/mol. The maximum Gasteiger partial charge on any atom is 0.257 e. The van der Waals surface area contributed by atoms with E-state index in [-0.39, 0.29) is 11.9 Å². The van der Waals surface area contributed by atoms with Crippen LogP contribution in [0.3, 0.4) is 0 Å². The van der Waals surface area contributed by atoms with Crippen molar-refractivity contribution in [2.75, 3.05) is 18.9 Å². The molecule has 19 heavy (non-hydrogen) atoms. The molecular formula is C14H22BrN3O. The second-order valence-corrected chi connectivity index (χ2v) is 5.90. The van der Waals surface area contributed by atoms with Crippen LogP contribution in [0, 0.1) is 5.92 Å². The second kappa shape index (κ2) is 6.89. The Hall–Kier alpha value is -1.10. The number of anilines is 1. The number of nitrogens with one attached hydrogen (secondary N) is 1. The molecule has 0 bridgehead atoms. The van der Waals surface area contributed by atoms with E-state index in [1.54, 1.807) is 11.1 Å². The van der Waals surface area contributed by atoms with Crippen LogP contribution < -0.4 is 5.32 Å². The molecule has 1 amide bonds. The monoisotopic (exact) mass is 327 g/mol. The summed E-state index contributed by atoms with van der Waals surface area (Å²) in [5.74, 6) is 1.04. The van der Waals surface area contributed by atoms with Crippen molar-refractivity contribution in [2.24, 2.45) is 5.92 Å². The molecule has 0 aliphatic heterocycles. The Morgan fingerprint density at radius 3 is 2.63 bits per heavy atom. The number of aromatic nitrogens is 1. The summed E-state index contributed by atoms with van der Waals surface area (Å²) in [6, 6.07) is 2.00. The molecule has 0 aliphatic carbocycles. The number of rotatable bonds is 5. The minimum absolute atomic E-state index is 0.00838. The first kappa shape index (κ1) is 16.0. The lowest BCUT2D eigenvalue weighted by Gasteiger charge is -2.28. The van der Waals surface area contributed by atoms with Crippen LogP contribution in [-0.4, -0.2) is 35.4 Å². The SMILES string of the molecule is CCNc1ncc(Br)cc1C(=O)N(C)C(C)C(C)C. The summed E-state index contributed by atoms with van der Waals surface area (Å²) in [5, 5.41) is 3.13. The molecule has 1 atom stereocenters. The number of amides is 1. The first-order chi connectivity index (χ1) is 8.88. The number of pyridine rings is 1. The summed E-state index contributed by atoms with van der Waals surface area (Å²) in [4.78, 5) is 18.6. The number of hydrogen-bond acceptors (Lipinski definition) is 3. The van der Waals surface area contributed by atoms with Gasteiger partial charge >= 0.3 is 0 Å². The van der Waals surface area contributed by atoms with Crippen LogP contribution in [0.4, 0.5) is 5.82 Å². The van der Waals surface area contributed by atoms with Crippen molar-refractivity contribution >= 4 is 27.7 Å². The van der Waals surface area contributed by atoms with Gasteiger partial charge in [0, 0.05) is 30.3 Å². The topological polar surface area (TPSA) is 45.2 Å². The van der Waals surface area contributed by atoms with Crippen molar-refractivity contribution in [3.8, 4) is 0 Å². The van der Waals surface area contributed by atoms with Gasteiger partial charge in [0.1, 0.15) is 5.82 Å². The minimum atomic E-state index is -0.00838. The standard InChI is InChI=1S/C14H22BrN3O/c1-6-16-13-12(7-11(15)8-17-13)14(19)18(5)10(4)9(2)3/h7-10H,6H2,1-5H3,(H,16,17). The largest absolute Gasteiger partial charge is 0.370 e. The molecule has 0 spiro atoms. The van der Waals surface area contributed by atoms with Gasteiger partial charge in [-0.2, -0.15) is 0 Å².